The summed E-state index contributed by atoms with van der Waals surface area (Å²) in [5.41, 5.74) is -0.732. The molecule has 19 heavy (non-hydrogen) atoms. The zero-order chi connectivity index (χ0) is 13.3. The number of hydrogen-bond donors (Lipinski definition) is 2. The molecule has 1 saturated heterocycles. The predicted octanol–water partition coefficient (Wildman–Crippen LogP) is 1.63. The average molecular weight is 276 g/mol. The van der Waals surface area contributed by atoms with Gasteiger partial charge in [0.25, 0.3) is 0 Å². The summed E-state index contributed by atoms with van der Waals surface area (Å²) in [7, 11) is 0. The maximum absolute atomic E-state index is 11.2. The number of fused-ring (bicyclic) bond motifs is 1. The van der Waals surface area contributed by atoms with Crippen LogP contribution < -0.4 is 0 Å². The van der Waals surface area contributed by atoms with E-state index in [0.29, 0.717) is 18.4 Å². The van der Waals surface area contributed by atoms with Crippen LogP contribution in [0.3, 0.4) is 0 Å². The van der Waals surface area contributed by atoms with Crippen molar-refractivity contribution in [3.05, 3.63) is 0 Å². The standard InChI is InChI=1S/C15H28O3.H2O.H2/c1-10-4-6-14(11(2)8-16)15(17)9-18-12(3)5-7-13(10)15;;/h10-14,16-17H,4-9H2,1-3H3;1H2;1H/t10-,11+,12+,13+,14?,15-;;/m1../s1. The molecule has 2 fully saturated rings. The van der Waals surface area contributed by atoms with Crippen LogP contribution in [0, 0.1) is 23.7 Å². The SMILES string of the molecule is C[C@@H]1CCC([C@@H](C)CO)[C@@]2(O)CO[C@@H](C)CC[C@@H]12.O.[HH]. The molecule has 1 saturated carbocycles. The van der Waals surface area contributed by atoms with Crippen molar-refractivity contribution in [2.45, 2.75) is 58.2 Å². The fourth-order valence-electron chi connectivity index (χ4n) is 4.09. The Hall–Kier alpha value is -0.160. The summed E-state index contributed by atoms with van der Waals surface area (Å²) in [5, 5.41) is 20.6. The summed E-state index contributed by atoms with van der Waals surface area (Å²) in [5.74, 6) is 1.22. The molecule has 0 spiro atoms. The summed E-state index contributed by atoms with van der Waals surface area (Å²) in [6, 6.07) is 0. The molecular formula is C15H32O4. The molecule has 1 heterocycles. The van der Waals surface area contributed by atoms with Gasteiger partial charge in [-0.2, -0.15) is 0 Å². The fourth-order valence-corrected chi connectivity index (χ4v) is 4.09. The van der Waals surface area contributed by atoms with E-state index in [2.05, 4.69) is 13.8 Å². The Kier molecular flexibility index (Phi) is 5.80. The molecule has 6 atom stereocenters. The fraction of sp³-hybridized carbons (Fsp3) is 1.00. The first kappa shape index (κ1) is 16.9. The van der Waals surface area contributed by atoms with Gasteiger partial charge >= 0.3 is 0 Å². The Labute approximate surface area is 118 Å². The van der Waals surface area contributed by atoms with Gasteiger partial charge in [0.2, 0.25) is 0 Å². The van der Waals surface area contributed by atoms with E-state index in [-0.39, 0.29) is 31.4 Å². The van der Waals surface area contributed by atoms with Gasteiger partial charge in [-0.25, -0.2) is 0 Å². The first-order chi connectivity index (χ1) is 8.49. The number of hydrogen-bond acceptors (Lipinski definition) is 3. The van der Waals surface area contributed by atoms with Crippen molar-refractivity contribution in [1.82, 2.24) is 0 Å². The summed E-state index contributed by atoms with van der Waals surface area (Å²) >= 11 is 0. The van der Waals surface area contributed by atoms with Gasteiger partial charge in [-0.05, 0) is 56.3 Å². The van der Waals surface area contributed by atoms with Crippen LogP contribution in [0.4, 0.5) is 0 Å². The highest BCUT2D eigenvalue weighted by Gasteiger charge is 2.51. The molecule has 2 aliphatic rings. The second kappa shape index (κ2) is 6.53. The maximum Gasteiger partial charge on any atom is 0.0942 e. The van der Waals surface area contributed by atoms with E-state index in [1.54, 1.807) is 0 Å². The minimum absolute atomic E-state index is 0. The van der Waals surface area contributed by atoms with E-state index in [0.717, 1.165) is 25.7 Å². The Morgan fingerprint density at radius 3 is 2.58 bits per heavy atom. The van der Waals surface area contributed by atoms with Gasteiger partial charge in [-0.1, -0.05) is 13.8 Å². The van der Waals surface area contributed by atoms with Crippen molar-refractivity contribution in [3.63, 3.8) is 0 Å². The van der Waals surface area contributed by atoms with Crippen LogP contribution in [0.5, 0.6) is 0 Å². The van der Waals surface area contributed by atoms with E-state index in [9.17, 15) is 10.2 Å². The van der Waals surface area contributed by atoms with Crippen molar-refractivity contribution in [3.8, 4) is 0 Å². The molecule has 0 radical (unpaired) electrons. The van der Waals surface area contributed by atoms with Gasteiger partial charge in [0.05, 0.1) is 18.3 Å². The topological polar surface area (TPSA) is 81.2 Å². The van der Waals surface area contributed by atoms with E-state index in [1.165, 1.54) is 0 Å². The second-order valence-corrected chi connectivity index (χ2v) is 6.62. The number of ether oxygens (including phenoxy) is 1. The van der Waals surface area contributed by atoms with Crippen molar-refractivity contribution < 1.29 is 21.9 Å². The largest absolute Gasteiger partial charge is 0.412 e. The highest BCUT2D eigenvalue weighted by Crippen LogP contribution is 2.48. The number of rotatable bonds is 2. The lowest BCUT2D eigenvalue weighted by atomic mass is 9.60. The van der Waals surface area contributed by atoms with Crippen LogP contribution in [0.1, 0.15) is 47.9 Å². The van der Waals surface area contributed by atoms with Gasteiger partial charge in [-0.3, -0.25) is 0 Å². The molecule has 0 aromatic rings. The predicted molar refractivity (Wildman–Crippen MR) is 77.0 cm³/mol. The summed E-state index contributed by atoms with van der Waals surface area (Å²) in [6.07, 6.45) is 4.51. The van der Waals surface area contributed by atoms with E-state index >= 15 is 0 Å². The molecule has 1 aliphatic carbocycles. The van der Waals surface area contributed by atoms with Gasteiger partial charge in [0.1, 0.15) is 0 Å². The normalized spacial score (nSPS) is 44.7. The molecule has 0 aromatic heterocycles. The highest BCUT2D eigenvalue weighted by atomic mass is 16.5. The van der Waals surface area contributed by atoms with Crippen LogP contribution >= 0.6 is 0 Å². The van der Waals surface area contributed by atoms with Gasteiger partial charge in [0, 0.05) is 8.03 Å². The van der Waals surface area contributed by atoms with Gasteiger partial charge in [0.15, 0.2) is 0 Å². The molecular weight excluding hydrogens is 244 g/mol. The molecule has 1 aliphatic heterocycles. The first-order valence-corrected chi connectivity index (χ1v) is 7.44. The van der Waals surface area contributed by atoms with Crippen LogP contribution in [-0.4, -0.2) is 40.6 Å². The van der Waals surface area contributed by atoms with E-state index < -0.39 is 5.60 Å². The third-order valence-corrected chi connectivity index (χ3v) is 5.36. The van der Waals surface area contributed by atoms with Crippen molar-refractivity contribution in [2.75, 3.05) is 13.2 Å². The molecule has 0 aromatic carbocycles. The molecule has 0 bridgehead atoms. The summed E-state index contributed by atoms with van der Waals surface area (Å²) < 4.78 is 5.82. The highest BCUT2D eigenvalue weighted by molar-refractivity contribution is 5.01. The van der Waals surface area contributed by atoms with Crippen LogP contribution in [0.25, 0.3) is 0 Å². The molecule has 1 unspecified atom stereocenters. The average Bonchev–Trinajstić information content (AvgIpc) is 2.50. The Morgan fingerprint density at radius 2 is 1.95 bits per heavy atom. The Balaban J connectivity index is 0.00000180. The number of aliphatic hydroxyl groups excluding tert-OH is 1. The van der Waals surface area contributed by atoms with Crippen LogP contribution in [0.15, 0.2) is 0 Å². The zero-order valence-electron chi connectivity index (χ0n) is 12.4. The minimum Gasteiger partial charge on any atom is -0.412 e. The van der Waals surface area contributed by atoms with Crippen LogP contribution in [0.2, 0.25) is 0 Å². The molecule has 4 heteroatoms. The maximum atomic E-state index is 11.2. The summed E-state index contributed by atoms with van der Waals surface area (Å²) in [6.45, 7) is 6.99. The molecule has 4 nitrogen and oxygen atoms in total. The molecule has 0 amide bonds. The summed E-state index contributed by atoms with van der Waals surface area (Å²) in [4.78, 5) is 0. The first-order valence-electron chi connectivity index (χ1n) is 7.44. The molecule has 4 N–H and O–H groups in total. The van der Waals surface area contributed by atoms with Gasteiger partial charge < -0.3 is 20.4 Å². The monoisotopic (exact) mass is 276 g/mol. The molecule has 2 rings (SSSR count). The van der Waals surface area contributed by atoms with Crippen molar-refractivity contribution >= 4 is 0 Å². The lowest BCUT2D eigenvalue weighted by Crippen LogP contribution is -2.55. The Bertz CT molecular complexity index is 281. The lowest BCUT2D eigenvalue weighted by Gasteiger charge is -2.49. The smallest absolute Gasteiger partial charge is 0.0942 e. The minimum atomic E-state index is -0.732. The van der Waals surface area contributed by atoms with Gasteiger partial charge in [-0.15, -0.1) is 0 Å². The molecule has 116 valence electrons. The van der Waals surface area contributed by atoms with E-state index in [1.807, 2.05) is 6.92 Å². The van der Waals surface area contributed by atoms with Crippen molar-refractivity contribution in [1.29, 1.82) is 0 Å². The third-order valence-electron chi connectivity index (χ3n) is 5.36. The van der Waals surface area contributed by atoms with E-state index in [4.69, 9.17) is 4.74 Å². The Morgan fingerprint density at radius 1 is 1.26 bits per heavy atom. The van der Waals surface area contributed by atoms with Crippen molar-refractivity contribution in [2.24, 2.45) is 23.7 Å². The third kappa shape index (κ3) is 3.13. The van der Waals surface area contributed by atoms with Crippen LogP contribution in [-0.2, 0) is 4.74 Å². The quantitative estimate of drug-likeness (QED) is 0.804. The lowest BCUT2D eigenvalue weighted by molar-refractivity contribution is -0.165. The zero-order valence-corrected chi connectivity index (χ0v) is 12.4. The number of aliphatic hydroxyl groups is 2. The second-order valence-electron chi connectivity index (χ2n) is 6.62.